The summed E-state index contributed by atoms with van der Waals surface area (Å²) in [6.07, 6.45) is 13.6. The van der Waals surface area contributed by atoms with Gasteiger partial charge in [0.05, 0.1) is 24.4 Å². The van der Waals surface area contributed by atoms with Gasteiger partial charge in [0, 0.05) is 36.2 Å². The predicted molar refractivity (Wildman–Crippen MR) is 219 cm³/mol. The van der Waals surface area contributed by atoms with Gasteiger partial charge in [0.15, 0.2) is 5.78 Å². The van der Waals surface area contributed by atoms with E-state index >= 15 is 0 Å². The van der Waals surface area contributed by atoms with Crippen LogP contribution in [0.5, 0.6) is 0 Å². The van der Waals surface area contributed by atoms with Crippen LogP contribution in [-0.4, -0.2) is 75.2 Å². The predicted octanol–water partition coefficient (Wildman–Crippen LogP) is 8.49. The largest absolute Gasteiger partial charge is 0.394 e. The first-order valence-corrected chi connectivity index (χ1v) is 21.4. The van der Waals surface area contributed by atoms with Gasteiger partial charge < -0.3 is 20.4 Å². The first kappa shape index (κ1) is 38.7. The van der Waals surface area contributed by atoms with Crippen molar-refractivity contribution in [2.45, 2.75) is 121 Å². The molecule has 0 radical (unpaired) electrons. The molecule has 0 aromatic heterocycles. The fourth-order valence-electron chi connectivity index (χ4n) is 12.7. The lowest BCUT2D eigenvalue weighted by Crippen LogP contribution is -2.57. The van der Waals surface area contributed by atoms with Crippen molar-refractivity contribution in [2.75, 3.05) is 26.2 Å². The Morgan fingerprint density at radius 2 is 1.55 bits per heavy atom. The third-order valence-electron chi connectivity index (χ3n) is 15.1. The molecule has 0 spiro atoms. The zero-order valence-electron chi connectivity index (χ0n) is 33.1. The first-order valence-electron chi connectivity index (χ1n) is 21.4. The van der Waals surface area contributed by atoms with Gasteiger partial charge in [0.2, 0.25) is 0 Å². The highest BCUT2D eigenvalue weighted by molar-refractivity contribution is 6.10. The molecule has 10 rings (SSSR count). The van der Waals surface area contributed by atoms with E-state index in [0.717, 1.165) is 72.2 Å². The Kier molecular flexibility index (Phi) is 11.0. The van der Waals surface area contributed by atoms with E-state index in [1.54, 1.807) is 0 Å². The number of fused-ring (bicyclic) bond motifs is 8. The summed E-state index contributed by atoms with van der Waals surface area (Å²) >= 11 is 0. The molecule has 4 N–H and O–H groups in total. The van der Waals surface area contributed by atoms with E-state index in [0.29, 0.717) is 43.5 Å². The minimum Gasteiger partial charge on any atom is -0.394 e. The molecule has 6 nitrogen and oxygen atoms in total. The van der Waals surface area contributed by atoms with Crippen molar-refractivity contribution < 1.29 is 25.2 Å². The maximum absolute atomic E-state index is 14.7. The monoisotopic (exact) mass is 745 g/mol. The zero-order chi connectivity index (χ0) is 38.4. The lowest BCUT2D eigenvalue weighted by atomic mass is 9.49. The average molecular weight is 746 g/mol. The van der Waals surface area contributed by atoms with Gasteiger partial charge in [-0.3, -0.25) is 9.69 Å². The summed E-state index contributed by atoms with van der Waals surface area (Å²) in [6.45, 7) is 5.76. The van der Waals surface area contributed by atoms with Crippen LogP contribution >= 0.6 is 0 Å². The van der Waals surface area contributed by atoms with Gasteiger partial charge in [-0.05, 0) is 148 Å². The van der Waals surface area contributed by atoms with Crippen molar-refractivity contribution in [3.63, 3.8) is 0 Å². The summed E-state index contributed by atoms with van der Waals surface area (Å²) < 4.78 is 0. The Labute approximate surface area is 328 Å². The van der Waals surface area contributed by atoms with Gasteiger partial charge in [-0.25, -0.2) is 0 Å². The summed E-state index contributed by atoms with van der Waals surface area (Å²) in [7, 11) is 0. The molecule has 3 aromatic rings. The number of benzene rings is 3. The molecule has 0 aliphatic heterocycles. The molecule has 5 atom stereocenters. The molecule has 0 saturated heterocycles. The molecule has 7 aliphatic carbocycles. The van der Waals surface area contributed by atoms with Crippen molar-refractivity contribution in [1.29, 1.82) is 0 Å². The number of hydrogen-bond donors (Lipinski definition) is 4. The number of carbonyl (C=O) groups is 1. The van der Waals surface area contributed by atoms with Gasteiger partial charge in [-0.1, -0.05) is 85.3 Å². The van der Waals surface area contributed by atoms with Crippen molar-refractivity contribution in [1.82, 2.24) is 4.90 Å². The number of hydrogen-bond acceptors (Lipinski definition) is 6. The number of aliphatic hydroxyl groups is 4. The minimum atomic E-state index is -1.07. The smallest absolute Gasteiger partial charge is 0.193 e. The summed E-state index contributed by atoms with van der Waals surface area (Å²) in [6, 6.07) is 24.3. The SMILES string of the molecule is CC1=CCCC2(C)C(CCC2(O)CN(CC(O)CO)CC23CC4CC(CC(C4)C2)C3)c2ccc(cc2C(=O)c2ccc(-c3ccccc3)cc2)CC(O)CC1. The maximum atomic E-state index is 14.7. The van der Waals surface area contributed by atoms with E-state index in [2.05, 4.69) is 49.1 Å². The van der Waals surface area contributed by atoms with Gasteiger partial charge >= 0.3 is 0 Å². The van der Waals surface area contributed by atoms with Crippen molar-refractivity contribution in [3.8, 4) is 11.1 Å². The van der Waals surface area contributed by atoms with Crippen LogP contribution in [-0.2, 0) is 6.42 Å². The fourth-order valence-corrected chi connectivity index (χ4v) is 12.7. The first-order chi connectivity index (χ1) is 26.4. The highest BCUT2D eigenvalue weighted by Gasteiger charge is 2.58. The number of aliphatic hydroxyl groups excluding tert-OH is 3. The van der Waals surface area contributed by atoms with E-state index in [-0.39, 0.29) is 23.7 Å². The summed E-state index contributed by atoms with van der Waals surface area (Å²) in [4.78, 5) is 17.0. The molecule has 55 heavy (non-hydrogen) atoms. The third kappa shape index (κ3) is 7.92. The second kappa shape index (κ2) is 15.7. The van der Waals surface area contributed by atoms with Crippen molar-refractivity contribution >= 4 is 5.78 Å². The van der Waals surface area contributed by atoms with Gasteiger partial charge in [0.1, 0.15) is 0 Å². The molecule has 7 aliphatic rings. The zero-order valence-corrected chi connectivity index (χ0v) is 33.1. The molecule has 0 amide bonds. The Hall–Kier alpha value is -3.13. The Bertz CT molecular complexity index is 1820. The molecule has 3 aromatic carbocycles. The molecular weight excluding hydrogens is 683 g/mol. The molecule has 0 heterocycles. The van der Waals surface area contributed by atoms with Crippen LogP contribution in [0.15, 0.2) is 84.4 Å². The summed E-state index contributed by atoms with van der Waals surface area (Å²) in [5.41, 5.74) is 5.25. The Morgan fingerprint density at radius 1 is 0.873 bits per heavy atom. The van der Waals surface area contributed by atoms with Crippen LogP contribution in [0, 0.1) is 28.6 Å². The molecule has 6 heteroatoms. The number of rotatable bonds is 10. The summed E-state index contributed by atoms with van der Waals surface area (Å²) in [5.74, 6) is 2.31. The van der Waals surface area contributed by atoms with Crippen molar-refractivity contribution in [3.05, 3.63) is 107 Å². The lowest BCUT2D eigenvalue weighted by Gasteiger charge is -2.58. The van der Waals surface area contributed by atoms with Crippen LogP contribution in [0.25, 0.3) is 11.1 Å². The number of allylic oxidation sites excluding steroid dienone is 2. The molecule has 5 unspecified atom stereocenters. The standard InChI is InChI=1S/C49H63NO5/c1-33-7-6-19-47(2)45(18-20-49(47,55)32-50(29-42(53)30-51)31-48-26-35-21-36(27-48)23-37(22-35)28-48)43-17-11-34(24-41(52)16-10-33)25-44(43)46(54)40-14-12-39(13-15-40)38-8-4-3-5-9-38/h3-5,7-9,11-15,17,25,35-37,41-42,45,51-53,55H,6,10,16,18-24,26-32H2,1-2H3. The third-order valence-corrected chi connectivity index (χ3v) is 15.1. The van der Waals surface area contributed by atoms with E-state index in [1.807, 2.05) is 48.5 Å². The lowest BCUT2D eigenvalue weighted by molar-refractivity contribution is -0.114. The van der Waals surface area contributed by atoms with E-state index in [4.69, 9.17) is 0 Å². The molecule has 5 saturated carbocycles. The maximum Gasteiger partial charge on any atom is 0.193 e. The molecular formula is C49H63NO5. The van der Waals surface area contributed by atoms with E-state index in [1.165, 1.54) is 44.1 Å². The van der Waals surface area contributed by atoms with Gasteiger partial charge in [-0.15, -0.1) is 0 Å². The van der Waals surface area contributed by atoms with Crippen LogP contribution in [0.3, 0.4) is 0 Å². The Morgan fingerprint density at radius 3 is 2.22 bits per heavy atom. The van der Waals surface area contributed by atoms with E-state index in [9.17, 15) is 25.2 Å². The van der Waals surface area contributed by atoms with Crippen LogP contribution < -0.4 is 0 Å². The average Bonchev–Trinajstić information content (AvgIpc) is 3.41. The Balaban J connectivity index is 1.15. The fraction of sp³-hybridized carbons (Fsp3) is 0.571. The second-order valence-corrected chi connectivity index (χ2v) is 19.1. The van der Waals surface area contributed by atoms with Crippen LogP contribution in [0.1, 0.15) is 124 Å². The molecule has 5 fully saturated rings. The van der Waals surface area contributed by atoms with Gasteiger partial charge in [-0.2, -0.15) is 0 Å². The highest BCUT2D eigenvalue weighted by atomic mass is 16.3. The molecule has 294 valence electrons. The van der Waals surface area contributed by atoms with Crippen molar-refractivity contribution in [2.24, 2.45) is 28.6 Å². The topological polar surface area (TPSA) is 101 Å². The number of nitrogens with zero attached hydrogens (tertiary/aromatic N) is 1. The molecule has 6 bridgehead atoms. The van der Waals surface area contributed by atoms with Crippen LogP contribution in [0.4, 0.5) is 0 Å². The number of ketones is 1. The second-order valence-electron chi connectivity index (χ2n) is 19.1. The van der Waals surface area contributed by atoms with Gasteiger partial charge in [0.25, 0.3) is 0 Å². The minimum absolute atomic E-state index is 0.0268. The highest BCUT2D eigenvalue weighted by Crippen LogP contribution is 2.62. The summed E-state index contributed by atoms with van der Waals surface area (Å²) in [5, 5.41) is 45.3. The quantitative estimate of drug-likeness (QED) is 0.123. The normalized spacial score (nSPS) is 33.7. The van der Waals surface area contributed by atoms with E-state index < -0.39 is 23.2 Å². The number of carbonyl (C=O) groups excluding carboxylic acids is 1. The van der Waals surface area contributed by atoms with Crippen LogP contribution in [0.2, 0.25) is 0 Å².